The first kappa shape index (κ1) is 10.5. The number of nitrogens with zero attached hydrogens (tertiary/aromatic N) is 1. The molecule has 0 saturated heterocycles. The average molecular weight is 199 g/mol. The molecule has 4 heteroatoms. The quantitative estimate of drug-likeness (QED) is 0.629. The van der Waals surface area contributed by atoms with E-state index in [4.69, 9.17) is 0 Å². The van der Waals surface area contributed by atoms with Crippen LogP contribution in [0, 0.1) is 6.92 Å². The normalized spacial score (nSPS) is 15.4. The fraction of sp³-hybridized carbons (Fsp3) is 0.444. The van der Waals surface area contributed by atoms with E-state index in [1.807, 2.05) is 6.92 Å². The number of hydrogen-bond acceptors (Lipinski definition) is 4. The standard InChI is InChI=1S/C9H13NO2S/c1-6-4-7(2-3-10-6)9(12)8(11)5-13/h2-4,8-9,11-13H,5H2,1H3. The van der Waals surface area contributed by atoms with Crippen LogP contribution in [0.3, 0.4) is 0 Å². The lowest BCUT2D eigenvalue weighted by Gasteiger charge is -2.15. The fourth-order valence-electron chi connectivity index (χ4n) is 1.07. The maximum atomic E-state index is 9.59. The zero-order chi connectivity index (χ0) is 9.84. The zero-order valence-electron chi connectivity index (χ0n) is 7.38. The number of thiol groups is 1. The number of aryl methyl sites for hydroxylation is 1. The molecule has 3 nitrogen and oxygen atoms in total. The molecule has 0 radical (unpaired) electrons. The van der Waals surface area contributed by atoms with Gasteiger partial charge in [0, 0.05) is 17.6 Å². The van der Waals surface area contributed by atoms with Gasteiger partial charge in [0.25, 0.3) is 0 Å². The second-order valence-electron chi connectivity index (χ2n) is 2.93. The van der Waals surface area contributed by atoms with Crippen molar-refractivity contribution in [2.24, 2.45) is 0 Å². The van der Waals surface area contributed by atoms with Gasteiger partial charge in [-0.1, -0.05) is 0 Å². The van der Waals surface area contributed by atoms with E-state index in [9.17, 15) is 10.2 Å². The van der Waals surface area contributed by atoms with Crippen molar-refractivity contribution in [3.63, 3.8) is 0 Å². The molecule has 0 amide bonds. The van der Waals surface area contributed by atoms with E-state index < -0.39 is 12.2 Å². The highest BCUT2D eigenvalue weighted by Gasteiger charge is 2.16. The molecule has 1 aromatic rings. The Morgan fingerprint density at radius 1 is 1.54 bits per heavy atom. The van der Waals surface area contributed by atoms with Crippen molar-refractivity contribution in [1.82, 2.24) is 4.98 Å². The van der Waals surface area contributed by atoms with Gasteiger partial charge in [0.15, 0.2) is 0 Å². The Balaban J connectivity index is 2.82. The Bertz CT molecular complexity index is 280. The highest BCUT2D eigenvalue weighted by molar-refractivity contribution is 7.80. The molecule has 0 aliphatic heterocycles. The molecule has 2 atom stereocenters. The van der Waals surface area contributed by atoms with Crippen LogP contribution in [0.1, 0.15) is 17.4 Å². The SMILES string of the molecule is Cc1cc(C(O)C(O)CS)ccn1. The summed E-state index contributed by atoms with van der Waals surface area (Å²) in [6, 6.07) is 3.43. The minimum absolute atomic E-state index is 0.239. The Kier molecular flexibility index (Phi) is 3.71. The summed E-state index contributed by atoms with van der Waals surface area (Å²) in [5.41, 5.74) is 1.50. The third-order valence-electron chi connectivity index (χ3n) is 1.81. The summed E-state index contributed by atoms with van der Waals surface area (Å²) in [6.07, 6.45) is -0.0941. The van der Waals surface area contributed by atoms with Crippen molar-refractivity contribution >= 4 is 12.6 Å². The highest BCUT2D eigenvalue weighted by atomic mass is 32.1. The molecule has 0 spiro atoms. The van der Waals surface area contributed by atoms with Crippen LogP contribution >= 0.6 is 12.6 Å². The van der Waals surface area contributed by atoms with Crippen LogP contribution in [-0.4, -0.2) is 27.1 Å². The van der Waals surface area contributed by atoms with Gasteiger partial charge in [-0.2, -0.15) is 12.6 Å². The molecule has 1 rings (SSSR count). The van der Waals surface area contributed by atoms with Gasteiger partial charge in [-0.05, 0) is 24.6 Å². The highest BCUT2D eigenvalue weighted by Crippen LogP contribution is 2.17. The summed E-state index contributed by atoms with van der Waals surface area (Å²) >= 11 is 3.91. The molecule has 2 unspecified atom stereocenters. The summed E-state index contributed by atoms with van der Waals surface area (Å²) in [4.78, 5) is 4.00. The molecule has 1 aromatic heterocycles. The van der Waals surface area contributed by atoms with E-state index in [0.717, 1.165) is 5.69 Å². The van der Waals surface area contributed by atoms with Crippen molar-refractivity contribution in [3.05, 3.63) is 29.6 Å². The summed E-state index contributed by atoms with van der Waals surface area (Å²) < 4.78 is 0. The van der Waals surface area contributed by atoms with Crippen LogP contribution in [0.2, 0.25) is 0 Å². The van der Waals surface area contributed by atoms with Crippen LogP contribution in [0.25, 0.3) is 0 Å². The van der Waals surface area contributed by atoms with Crippen molar-refractivity contribution in [1.29, 1.82) is 0 Å². The lowest BCUT2D eigenvalue weighted by molar-refractivity contribution is 0.0337. The first-order chi connectivity index (χ1) is 6.15. The largest absolute Gasteiger partial charge is 0.389 e. The molecule has 13 heavy (non-hydrogen) atoms. The van der Waals surface area contributed by atoms with Crippen LogP contribution < -0.4 is 0 Å². The van der Waals surface area contributed by atoms with E-state index in [0.29, 0.717) is 5.56 Å². The number of aliphatic hydroxyl groups excluding tert-OH is 2. The van der Waals surface area contributed by atoms with Crippen LogP contribution in [-0.2, 0) is 0 Å². The van der Waals surface area contributed by atoms with E-state index in [1.165, 1.54) is 0 Å². The van der Waals surface area contributed by atoms with Crippen molar-refractivity contribution < 1.29 is 10.2 Å². The Labute approximate surface area is 82.9 Å². The van der Waals surface area contributed by atoms with E-state index in [-0.39, 0.29) is 5.75 Å². The van der Waals surface area contributed by atoms with Crippen LogP contribution in [0.5, 0.6) is 0 Å². The smallest absolute Gasteiger partial charge is 0.106 e. The van der Waals surface area contributed by atoms with Gasteiger partial charge in [-0.25, -0.2) is 0 Å². The van der Waals surface area contributed by atoms with Gasteiger partial charge in [-0.3, -0.25) is 4.98 Å². The Morgan fingerprint density at radius 3 is 2.77 bits per heavy atom. The molecule has 72 valence electrons. The molecule has 0 fully saturated rings. The van der Waals surface area contributed by atoms with Crippen molar-refractivity contribution in [2.45, 2.75) is 19.1 Å². The predicted octanol–water partition coefficient (Wildman–Crippen LogP) is 0.714. The molecule has 2 N–H and O–H groups in total. The maximum absolute atomic E-state index is 9.59. The third kappa shape index (κ3) is 2.69. The summed E-state index contributed by atoms with van der Waals surface area (Å²) in [5.74, 6) is 0.239. The Morgan fingerprint density at radius 2 is 2.23 bits per heavy atom. The van der Waals surface area contributed by atoms with E-state index >= 15 is 0 Å². The second-order valence-corrected chi connectivity index (χ2v) is 3.29. The number of rotatable bonds is 3. The van der Waals surface area contributed by atoms with E-state index in [1.54, 1.807) is 18.3 Å². The topological polar surface area (TPSA) is 53.4 Å². The first-order valence-corrected chi connectivity index (χ1v) is 4.68. The van der Waals surface area contributed by atoms with Gasteiger partial charge in [0.1, 0.15) is 6.10 Å². The third-order valence-corrected chi connectivity index (χ3v) is 2.19. The summed E-state index contributed by atoms with van der Waals surface area (Å²) in [6.45, 7) is 1.84. The number of pyridine rings is 1. The lowest BCUT2D eigenvalue weighted by atomic mass is 10.1. The molecule has 0 bridgehead atoms. The second kappa shape index (κ2) is 4.60. The summed E-state index contributed by atoms with van der Waals surface area (Å²) in [7, 11) is 0. The number of aliphatic hydroxyl groups is 2. The molecule has 0 aliphatic rings. The van der Waals surface area contributed by atoms with Gasteiger partial charge in [0.05, 0.1) is 6.10 Å². The molecule has 1 heterocycles. The van der Waals surface area contributed by atoms with Gasteiger partial charge < -0.3 is 10.2 Å². The van der Waals surface area contributed by atoms with E-state index in [2.05, 4.69) is 17.6 Å². The van der Waals surface area contributed by atoms with Gasteiger partial charge >= 0.3 is 0 Å². The zero-order valence-corrected chi connectivity index (χ0v) is 8.28. The summed E-state index contributed by atoms with van der Waals surface area (Å²) in [5, 5.41) is 18.9. The van der Waals surface area contributed by atoms with Crippen molar-refractivity contribution in [2.75, 3.05) is 5.75 Å². The average Bonchev–Trinajstić information content (AvgIpc) is 2.15. The molecular formula is C9H13NO2S. The fourth-order valence-corrected chi connectivity index (χ4v) is 1.27. The maximum Gasteiger partial charge on any atom is 0.106 e. The van der Waals surface area contributed by atoms with Crippen molar-refractivity contribution in [3.8, 4) is 0 Å². The number of hydrogen-bond donors (Lipinski definition) is 3. The molecular weight excluding hydrogens is 186 g/mol. The Hall–Kier alpha value is -0.580. The molecule has 0 aliphatic carbocycles. The molecule has 0 saturated carbocycles. The monoisotopic (exact) mass is 199 g/mol. The van der Waals surface area contributed by atoms with Gasteiger partial charge in [-0.15, -0.1) is 0 Å². The lowest BCUT2D eigenvalue weighted by Crippen LogP contribution is -2.19. The van der Waals surface area contributed by atoms with Crippen LogP contribution in [0.4, 0.5) is 0 Å². The molecule has 0 aromatic carbocycles. The minimum Gasteiger partial charge on any atom is -0.389 e. The van der Waals surface area contributed by atoms with Gasteiger partial charge in [0.2, 0.25) is 0 Å². The predicted molar refractivity (Wildman–Crippen MR) is 53.8 cm³/mol. The first-order valence-electron chi connectivity index (χ1n) is 4.04. The number of aromatic nitrogens is 1. The minimum atomic E-state index is -0.876. The van der Waals surface area contributed by atoms with Crippen LogP contribution in [0.15, 0.2) is 18.3 Å².